The molecule has 1 aromatic heterocycles. The predicted octanol–water partition coefficient (Wildman–Crippen LogP) is 4.19. The molecule has 5 rings (SSSR count). The van der Waals surface area contributed by atoms with Crippen molar-refractivity contribution in [3.8, 4) is 11.5 Å². The van der Waals surface area contributed by atoms with Crippen LogP contribution in [0.15, 0.2) is 65.3 Å². The van der Waals surface area contributed by atoms with Crippen molar-refractivity contribution in [3.05, 3.63) is 77.7 Å². The Labute approximate surface area is 243 Å². The summed E-state index contributed by atoms with van der Waals surface area (Å²) in [5, 5.41) is 5.62. The molecule has 2 N–H and O–H groups in total. The highest BCUT2D eigenvalue weighted by molar-refractivity contribution is 6.02. The molecule has 2 atom stereocenters. The standard InChI is InChI=1S/C31H34N4O7/c1-40-22-13-14-27(41-2)25(16-22)33-28(36)19-34-26-8-4-3-7-24(26)30(38)35(31(34)39)18-20-9-11-21(12-10-20)29(37)32-17-23-6-5-15-42-23/h5-6,9-16,24,26H,3-4,7-8,17-19H2,1-2H3,(H,32,37)(H,33,36). The van der Waals surface area contributed by atoms with Gasteiger partial charge in [-0.3, -0.25) is 19.3 Å². The number of amides is 5. The molecule has 2 aromatic carbocycles. The first-order valence-corrected chi connectivity index (χ1v) is 13.9. The van der Waals surface area contributed by atoms with E-state index in [9.17, 15) is 19.2 Å². The van der Waals surface area contributed by atoms with E-state index in [1.165, 1.54) is 24.0 Å². The molecule has 1 saturated heterocycles. The Morgan fingerprint density at radius 2 is 1.79 bits per heavy atom. The molecule has 1 aliphatic heterocycles. The Hall–Kier alpha value is -4.80. The van der Waals surface area contributed by atoms with Crippen molar-refractivity contribution in [2.24, 2.45) is 5.92 Å². The number of methoxy groups -OCH3 is 2. The second-order valence-electron chi connectivity index (χ2n) is 10.4. The lowest BCUT2D eigenvalue weighted by Gasteiger charge is -2.46. The molecule has 5 amide bonds. The molecule has 2 heterocycles. The third-order valence-electron chi connectivity index (χ3n) is 7.74. The molecular formula is C31H34N4O7. The Balaban J connectivity index is 1.28. The molecule has 220 valence electrons. The van der Waals surface area contributed by atoms with Crippen LogP contribution in [-0.2, 0) is 22.7 Å². The molecule has 1 saturated carbocycles. The van der Waals surface area contributed by atoms with Crippen molar-refractivity contribution in [2.75, 3.05) is 26.1 Å². The first-order chi connectivity index (χ1) is 20.4. The number of anilines is 1. The predicted molar refractivity (Wildman–Crippen MR) is 153 cm³/mol. The minimum atomic E-state index is -0.504. The maximum Gasteiger partial charge on any atom is 0.327 e. The Bertz CT molecular complexity index is 1440. The quantitative estimate of drug-likeness (QED) is 0.371. The molecule has 2 aliphatic rings. The zero-order valence-electron chi connectivity index (χ0n) is 23.6. The van der Waals surface area contributed by atoms with Gasteiger partial charge in [-0.2, -0.15) is 0 Å². The van der Waals surface area contributed by atoms with E-state index in [-0.39, 0.29) is 43.4 Å². The Kier molecular flexibility index (Phi) is 8.75. The largest absolute Gasteiger partial charge is 0.497 e. The van der Waals surface area contributed by atoms with Crippen LogP contribution in [0.4, 0.5) is 10.5 Å². The summed E-state index contributed by atoms with van der Waals surface area (Å²) in [6.45, 7) is 0.0941. The average molecular weight is 575 g/mol. The number of rotatable bonds is 10. The second-order valence-corrected chi connectivity index (χ2v) is 10.4. The fourth-order valence-corrected chi connectivity index (χ4v) is 5.58. The van der Waals surface area contributed by atoms with Crippen molar-refractivity contribution in [2.45, 2.75) is 44.8 Å². The van der Waals surface area contributed by atoms with Crippen LogP contribution in [-0.4, -0.2) is 60.4 Å². The second kappa shape index (κ2) is 12.8. The van der Waals surface area contributed by atoms with Crippen molar-refractivity contribution in [1.82, 2.24) is 15.1 Å². The van der Waals surface area contributed by atoms with E-state index < -0.39 is 11.9 Å². The summed E-state index contributed by atoms with van der Waals surface area (Å²) in [7, 11) is 3.03. The number of urea groups is 1. The van der Waals surface area contributed by atoms with Gasteiger partial charge < -0.3 is 29.4 Å². The maximum absolute atomic E-state index is 13.7. The van der Waals surface area contributed by atoms with Gasteiger partial charge in [-0.1, -0.05) is 25.0 Å². The van der Waals surface area contributed by atoms with E-state index >= 15 is 0 Å². The van der Waals surface area contributed by atoms with E-state index in [4.69, 9.17) is 13.9 Å². The number of imide groups is 1. The highest BCUT2D eigenvalue weighted by Crippen LogP contribution is 2.35. The van der Waals surface area contributed by atoms with Gasteiger partial charge in [-0.05, 0) is 54.8 Å². The molecular weight excluding hydrogens is 540 g/mol. The average Bonchev–Trinajstić information content (AvgIpc) is 3.54. The summed E-state index contributed by atoms with van der Waals surface area (Å²) in [5.41, 5.74) is 1.56. The molecule has 11 heteroatoms. The van der Waals surface area contributed by atoms with Crippen LogP contribution in [0.3, 0.4) is 0 Å². The summed E-state index contributed by atoms with van der Waals surface area (Å²) in [6, 6.07) is 14.5. The third-order valence-corrected chi connectivity index (χ3v) is 7.74. The summed E-state index contributed by atoms with van der Waals surface area (Å²) >= 11 is 0. The van der Waals surface area contributed by atoms with Crippen LogP contribution in [0.25, 0.3) is 0 Å². The van der Waals surface area contributed by atoms with Gasteiger partial charge in [0.2, 0.25) is 11.8 Å². The summed E-state index contributed by atoms with van der Waals surface area (Å²) < 4.78 is 15.9. The molecule has 11 nitrogen and oxygen atoms in total. The monoisotopic (exact) mass is 574 g/mol. The minimum Gasteiger partial charge on any atom is -0.497 e. The molecule has 1 aliphatic carbocycles. The smallest absolute Gasteiger partial charge is 0.327 e. The number of carbonyl (C=O) groups is 4. The normalized spacial score (nSPS) is 18.3. The lowest BCUT2D eigenvalue weighted by Crippen LogP contribution is -2.63. The number of nitrogens with zero attached hydrogens (tertiary/aromatic N) is 2. The Morgan fingerprint density at radius 3 is 2.50 bits per heavy atom. The van der Waals surface area contributed by atoms with Gasteiger partial charge in [-0.25, -0.2) is 4.79 Å². The van der Waals surface area contributed by atoms with E-state index in [1.807, 2.05) is 0 Å². The molecule has 42 heavy (non-hydrogen) atoms. The van der Waals surface area contributed by atoms with Crippen molar-refractivity contribution in [1.29, 1.82) is 0 Å². The summed E-state index contributed by atoms with van der Waals surface area (Å²) in [6.07, 6.45) is 4.63. The molecule has 0 radical (unpaired) electrons. The van der Waals surface area contributed by atoms with E-state index in [1.54, 1.807) is 60.9 Å². The number of ether oxygens (including phenoxy) is 2. The number of nitrogens with one attached hydrogen (secondary N) is 2. The van der Waals surface area contributed by atoms with Crippen molar-refractivity contribution >= 4 is 29.4 Å². The van der Waals surface area contributed by atoms with Crippen LogP contribution in [0.2, 0.25) is 0 Å². The van der Waals surface area contributed by atoms with Crippen LogP contribution in [0, 0.1) is 5.92 Å². The molecule has 3 aromatic rings. The number of hydrogen-bond donors (Lipinski definition) is 2. The third kappa shape index (κ3) is 6.24. The van der Waals surface area contributed by atoms with Gasteiger partial charge in [0.15, 0.2) is 0 Å². The van der Waals surface area contributed by atoms with E-state index in [2.05, 4.69) is 10.6 Å². The SMILES string of the molecule is COc1ccc(OC)c(NC(=O)CN2C(=O)N(Cc3ccc(C(=O)NCc4ccco4)cc3)C(=O)C3CCCCC32)c1. The minimum absolute atomic E-state index is 0.0387. The Morgan fingerprint density at radius 1 is 1.00 bits per heavy atom. The topological polar surface area (TPSA) is 130 Å². The fourth-order valence-electron chi connectivity index (χ4n) is 5.58. The van der Waals surface area contributed by atoms with E-state index in [0.29, 0.717) is 46.9 Å². The first kappa shape index (κ1) is 28.7. The highest BCUT2D eigenvalue weighted by atomic mass is 16.5. The van der Waals surface area contributed by atoms with Gasteiger partial charge in [0.1, 0.15) is 23.8 Å². The van der Waals surface area contributed by atoms with Crippen LogP contribution < -0.4 is 20.1 Å². The number of benzene rings is 2. The molecule has 2 fully saturated rings. The van der Waals surface area contributed by atoms with E-state index in [0.717, 1.165) is 12.8 Å². The lowest BCUT2D eigenvalue weighted by molar-refractivity contribution is -0.142. The van der Waals surface area contributed by atoms with Crippen LogP contribution in [0.1, 0.15) is 47.4 Å². The van der Waals surface area contributed by atoms with Gasteiger partial charge in [0, 0.05) is 17.7 Å². The number of fused-ring (bicyclic) bond motifs is 1. The lowest BCUT2D eigenvalue weighted by atomic mass is 9.81. The number of hydrogen-bond acceptors (Lipinski definition) is 7. The maximum atomic E-state index is 13.7. The van der Waals surface area contributed by atoms with Gasteiger partial charge in [-0.15, -0.1) is 0 Å². The summed E-state index contributed by atoms with van der Waals surface area (Å²) in [5.74, 6) is 0.378. The van der Waals surface area contributed by atoms with Gasteiger partial charge in [0.25, 0.3) is 5.91 Å². The zero-order valence-corrected chi connectivity index (χ0v) is 23.6. The van der Waals surface area contributed by atoms with Crippen molar-refractivity contribution in [3.63, 3.8) is 0 Å². The zero-order chi connectivity index (χ0) is 29.6. The van der Waals surface area contributed by atoms with Crippen LogP contribution in [0.5, 0.6) is 11.5 Å². The summed E-state index contributed by atoms with van der Waals surface area (Å²) in [4.78, 5) is 55.7. The molecule has 0 spiro atoms. The molecule has 0 bridgehead atoms. The first-order valence-electron chi connectivity index (χ1n) is 13.9. The van der Waals surface area contributed by atoms with Crippen LogP contribution >= 0.6 is 0 Å². The fraction of sp³-hybridized carbons (Fsp3) is 0.355. The number of furan rings is 1. The van der Waals surface area contributed by atoms with Gasteiger partial charge in [0.05, 0.1) is 45.2 Å². The highest BCUT2D eigenvalue weighted by Gasteiger charge is 2.47. The number of carbonyl (C=O) groups excluding carboxylic acids is 4. The van der Waals surface area contributed by atoms with Crippen molar-refractivity contribution < 1.29 is 33.1 Å². The molecule has 2 unspecified atom stereocenters. The van der Waals surface area contributed by atoms with Gasteiger partial charge >= 0.3 is 6.03 Å².